The van der Waals surface area contributed by atoms with E-state index in [4.69, 9.17) is 9.84 Å². The van der Waals surface area contributed by atoms with Crippen molar-refractivity contribution in [3.63, 3.8) is 0 Å². The van der Waals surface area contributed by atoms with Crippen LogP contribution in [-0.2, 0) is 39.9 Å². The van der Waals surface area contributed by atoms with Crippen LogP contribution in [0.3, 0.4) is 0 Å². The maximum Gasteiger partial charge on any atom is 0.407 e. The maximum absolute atomic E-state index is 13.1. The number of hydrogen-bond acceptors (Lipinski definition) is 8. The van der Waals surface area contributed by atoms with E-state index in [1.807, 2.05) is 0 Å². The van der Waals surface area contributed by atoms with Gasteiger partial charge in [0.2, 0.25) is 23.6 Å². The van der Waals surface area contributed by atoms with E-state index in [9.17, 15) is 38.7 Å². The number of ether oxygens (including phenoxy) is 1. The summed E-state index contributed by atoms with van der Waals surface area (Å²) >= 11 is 0. The molecule has 1 aromatic rings. The van der Waals surface area contributed by atoms with Gasteiger partial charge in [-0.3, -0.25) is 28.8 Å². The molecule has 5 amide bonds. The second-order valence-corrected chi connectivity index (χ2v) is 9.66. The number of carboxylic acid groups (broad SMARTS) is 2. The Morgan fingerprint density at radius 3 is 1.88 bits per heavy atom. The lowest BCUT2D eigenvalue weighted by atomic mass is 10.0. The van der Waals surface area contributed by atoms with Gasteiger partial charge in [0.25, 0.3) is 0 Å². The van der Waals surface area contributed by atoms with Gasteiger partial charge in [0.15, 0.2) is 0 Å². The van der Waals surface area contributed by atoms with Crippen molar-refractivity contribution in [2.75, 3.05) is 13.1 Å². The number of amides is 5. The number of aliphatic carboxylic acids is 2. The largest absolute Gasteiger partial charge is 0.481 e. The first-order valence-electron chi connectivity index (χ1n) is 12.2. The predicted octanol–water partition coefficient (Wildman–Crippen LogP) is -1.10. The van der Waals surface area contributed by atoms with Crippen LogP contribution >= 0.6 is 0 Å². The van der Waals surface area contributed by atoms with E-state index >= 15 is 0 Å². The van der Waals surface area contributed by atoms with Gasteiger partial charge in [0.05, 0.1) is 13.0 Å². The number of rotatable bonds is 14. The molecular weight excluding hydrogens is 530 g/mol. The SMILES string of the molecule is CC(=O)N[C@@H](CNC(=O)OC(C)(C)C)C(=O)N[C@@H](CC(=O)O)C(=O)N[C@@H](Cc1ccccc1)C(=O)NCC(=O)O. The van der Waals surface area contributed by atoms with E-state index in [2.05, 4.69) is 26.6 Å². The monoisotopic (exact) mass is 565 g/mol. The summed E-state index contributed by atoms with van der Waals surface area (Å²) in [6, 6.07) is 3.99. The number of carboxylic acids is 2. The average Bonchev–Trinajstić information content (AvgIpc) is 2.83. The molecule has 1 aromatic carbocycles. The molecule has 40 heavy (non-hydrogen) atoms. The second-order valence-electron chi connectivity index (χ2n) is 9.66. The summed E-state index contributed by atoms with van der Waals surface area (Å²) in [5.41, 5.74) is -0.232. The van der Waals surface area contributed by atoms with Crippen molar-refractivity contribution >= 4 is 41.7 Å². The minimum atomic E-state index is -1.70. The molecule has 15 nitrogen and oxygen atoms in total. The van der Waals surface area contributed by atoms with Crippen molar-refractivity contribution in [3.05, 3.63) is 35.9 Å². The first kappa shape index (κ1) is 33.3. The van der Waals surface area contributed by atoms with Crippen LogP contribution in [0.4, 0.5) is 4.79 Å². The van der Waals surface area contributed by atoms with E-state index in [-0.39, 0.29) is 6.42 Å². The van der Waals surface area contributed by atoms with Crippen LogP contribution in [0.25, 0.3) is 0 Å². The minimum Gasteiger partial charge on any atom is -0.481 e. The molecule has 0 saturated heterocycles. The fraction of sp³-hybridized carbons (Fsp3) is 0.480. The number of benzene rings is 1. The van der Waals surface area contributed by atoms with Crippen LogP contribution in [0, 0.1) is 0 Å². The van der Waals surface area contributed by atoms with Gasteiger partial charge in [-0.2, -0.15) is 0 Å². The van der Waals surface area contributed by atoms with Crippen molar-refractivity contribution in [2.24, 2.45) is 0 Å². The van der Waals surface area contributed by atoms with E-state index < -0.39 is 84.9 Å². The lowest BCUT2D eigenvalue weighted by molar-refractivity contribution is -0.142. The smallest absolute Gasteiger partial charge is 0.407 e. The highest BCUT2D eigenvalue weighted by Crippen LogP contribution is 2.07. The summed E-state index contributed by atoms with van der Waals surface area (Å²) in [5.74, 6) is -6.33. The lowest BCUT2D eigenvalue weighted by Gasteiger charge is -2.25. The Morgan fingerprint density at radius 1 is 0.775 bits per heavy atom. The number of carbonyl (C=O) groups is 7. The fourth-order valence-electron chi connectivity index (χ4n) is 3.23. The van der Waals surface area contributed by atoms with Crippen molar-refractivity contribution in [2.45, 2.75) is 64.3 Å². The molecule has 0 aromatic heterocycles. The summed E-state index contributed by atoms with van der Waals surface area (Å²) in [4.78, 5) is 84.6. The fourth-order valence-corrected chi connectivity index (χ4v) is 3.23. The third-order valence-corrected chi connectivity index (χ3v) is 4.88. The predicted molar refractivity (Wildman–Crippen MR) is 139 cm³/mol. The quantitative estimate of drug-likeness (QED) is 0.144. The molecular formula is C25H35N5O10. The Morgan fingerprint density at radius 2 is 1.35 bits per heavy atom. The summed E-state index contributed by atoms with van der Waals surface area (Å²) < 4.78 is 5.08. The summed E-state index contributed by atoms with van der Waals surface area (Å²) in [6.07, 6.45) is -1.84. The van der Waals surface area contributed by atoms with Crippen molar-refractivity contribution < 1.29 is 48.5 Å². The highest BCUT2D eigenvalue weighted by atomic mass is 16.6. The van der Waals surface area contributed by atoms with Crippen LogP contribution in [-0.4, -0.2) is 88.7 Å². The molecule has 0 unspecified atom stereocenters. The van der Waals surface area contributed by atoms with Crippen LogP contribution in [0.1, 0.15) is 39.7 Å². The van der Waals surface area contributed by atoms with Crippen LogP contribution in [0.15, 0.2) is 30.3 Å². The molecule has 0 fully saturated rings. The molecule has 0 spiro atoms. The maximum atomic E-state index is 13.1. The Balaban J connectivity index is 3.08. The minimum absolute atomic E-state index is 0.0693. The second kappa shape index (κ2) is 15.7. The van der Waals surface area contributed by atoms with Crippen LogP contribution < -0.4 is 26.6 Å². The molecule has 1 rings (SSSR count). The molecule has 0 aliphatic carbocycles. The van der Waals surface area contributed by atoms with Gasteiger partial charge >= 0.3 is 18.0 Å². The molecule has 0 saturated carbocycles. The Kier molecular flexibility index (Phi) is 13.0. The van der Waals surface area contributed by atoms with E-state index in [1.165, 1.54) is 0 Å². The van der Waals surface area contributed by atoms with Gasteiger partial charge in [-0.15, -0.1) is 0 Å². The number of carbonyl (C=O) groups excluding carboxylic acids is 5. The molecule has 0 bridgehead atoms. The molecule has 7 N–H and O–H groups in total. The van der Waals surface area contributed by atoms with Crippen molar-refractivity contribution in [1.82, 2.24) is 26.6 Å². The van der Waals surface area contributed by atoms with Gasteiger partial charge in [0.1, 0.15) is 30.3 Å². The van der Waals surface area contributed by atoms with Crippen molar-refractivity contribution in [1.29, 1.82) is 0 Å². The van der Waals surface area contributed by atoms with Gasteiger partial charge < -0.3 is 41.5 Å². The average molecular weight is 566 g/mol. The standard InChI is InChI=1S/C25H35N5O10/c1-14(31)28-18(12-27-24(39)40-25(2,3)4)23(38)30-17(11-19(32)33)22(37)29-16(21(36)26-13-20(34)35)10-15-8-6-5-7-9-15/h5-9,16-18H,10-13H2,1-4H3,(H,26,36)(H,27,39)(H,28,31)(H,29,37)(H,30,38)(H,32,33)(H,34,35)/t16-,17-,18-/m0/s1. The molecule has 0 aliphatic rings. The first-order valence-corrected chi connectivity index (χ1v) is 12.2. The van der Waals surface area contributed by atoms with Gasteiger partial charge in [0, 0.05) is 13.3 Å². The van der Waals surface area contributed by atoms with E-state index in [1.54, 1.807) is 51.1 Å². The van der Waals surface area contributed by atoms with Gasteiger partial charge in [-0.05, 0) is 26.3 Å². The normalized spacial score (nSPS) is 13.0. The highest BCUT2D eigenvalue weighted by Gasteiger charge is 2.31. The van der Waals surface area contributed by atoms with Crippen LogP contribution in [0.2, 0.25) is 0 Å². The Bertz CT molecular complexity index is 1090. The molecule has 220 valence electrons. The number of hydrogen-bond donors (Lipinski definition) is 7. The molecule has 0 heterocycles. The third-order valence-electron chi connectivity index (χ3n) is 4.88. The lowest BCUT2D eigenvalue weighted by Crippen LogP contribution is -2.59. The van der Waals surface area contributed by atoms with Gasteiger partial charge in [-0.25, -0.2) is 4.79 Å². The van der Waals surface area contributed by atoms with Crippen molar-refractivity contribution in [3.8, 4) is 0 Å². The van der Waals surface area contributed by atoms with Gasteiger partial charge in [-0.1, -0.05) is 30.3 Å². The summed E-state index contributed by atoms with van der Waals surface area (Å²) in [7, 11) is 0. The molecule has 15 heteroatoms. The molecule has 0 aliphatic heterocycles. The first-order chi connectivity index (χ1) is 18.6. The number of nitrogens with one attached hydrogen (secondary N) is 5. The topological polar surface area (TPSA) is 229 Å². The molecule has 0 radical (unpaired) electrons. The third kappa shape index (κ3) is 13.7. The van der Waals surface area contributed by atoms with Crippen LogP contribution in [0.5, 0.6) is 0 Å². The van der Waals surface area contributed by atoms with E-state index in [0.717, 1.165) is 6.92 Å². The number of alkyl carbamates (subject to hydrolysis) is 1. The summed E-state index contributed by atoms with van der Waals surface area (Å²) in [6.45, 7) is 4.79. The highest BCUT2D eigenvalue weighted by molar-refractivity contribution is 5.96. The zero-order valence-corrected chi connectivity index (χ0v) is 22.6. The van der Waals surface area contributed by atoms with E-state index in [0.29, 0.717) is 5.56 Å². The molecule has 3 atom stereocenters. The zero-order chi connectivity index (χ0) is 30.5. The Hall–Kier alpha value is -4.69. The Labute approximate surface area is 230 Å². The zero-order valence-electron chi connectivity index (χ0n) is 22.6. The summed E-state index contributed by atoms with van der Waals surface area (Å²) in [5, 5.41) is 29.5.